The molecule has 2 rings (SSSR count). The number of hydrogen-bond acceptors (Lipinski definition) is 4. The highest BCUT2D eigenvalue weighted by atomic mass is 32.2. The normalized spacial score (nSPS) is 14.0. The lowest BCUT2D eigenvalue weighted by molar-refractivity contribution is 0.633. The molecule has 2 unspecified atom stereocenters. The molecule has 4 heteroatoms. The summed E-state index contributed by atoms with van der Waals surface area (Å²) < 4.78 is 0. The van der Waals surface area contributed by atoms with E-state index in [0.717, 1.165) is 17.1 Å². The summed E-state index contributed by atoms with van der Waals surface area (Å²) in [5.74, 6) is 0. The van der Waals surface area contributed by atoms with Gasteiger partial charge in [-0.3, -0.25) is 4.98 Å². The van der Waals surface area contributed by atoms with E-state index in [0.29, 0.717) is 0 Å². The van der Waals surface area contributed by atoms with Crippen molar-refractivity contribution in [2.75, 3.05) is 0 Å². The Balaban J connectivity index is 2.28. The maximum atomic E-state index is 6.30. The van der Waals surface area contributed by atoms with Gasteiger partial charge in [-0.2, -0.15) is 0 Å². The second kappa shape index (κ2) is 6.86. The van der Waals surface area contributed by atoms with Crippen LogP contribution in [0.5, 0.6) is 0 Å². The van der Waals surface area contributed by atoms with Crippen molar-refractivity contribution in [3.63, 3.8) is 0 Å². The van der Waals surface area contributed by atoms with Gasteiger partial charge >= 0.3 is 0 Å². The van der Waals surface area contributed by atoms with Crippen molar-refractivity contribution in [2.45, 2.75) is 43.5 Å². The minimum absolute atomic E-state index is 0.102. The topological polar surface area (TPSA) is 51.8 Å². The number of hydrogen-bond donors (Lipinski definition) is 1. The standard InChI is InChI=1S/C16H21N3S/c1-4-14(17)16(13-5-7-18-8-6-13)20-15-10-11(2)9-12(3)19-15/h5-10,14,16H,4,17H2,1-3H3. The number of aromatic nitrogens is 2. The highest BCUT2D eigenvalue weighted by Gasteiger charge is 2.20. The first-order valence-electron chi connectivity index (χ1n) is 6.87. The molecule has 0 fully saturated rings. The zero-order valence-corrected chi connectivity index (χ0v) is 13.0. The maximum Gasteiger partial charge on any atom is 0.0972 e. The number of pyridine rings is 2. The SMILES string of the molecule is CCC(N)C(Sc1cc(C)cc(C)n1)c1ccncc1. The molecule has 0 aromatic carbocycles. The minimum Gasteiger partial charge on any atom is -0.326 e. The number of aryl methyl sites for hydroxylation is 2. The number of nitrogens with zero attached hydrogens (tertiary/aromatic N) is 2. The lowest BCUT2D eigenvalue weighted by Gasteiger charge is -2.22. The fourth-order valence-electron chi connectivity index (χ4n) is 2.16. The third-order valence-electron chi connectivity index (χ3n) is 3.22. The van der Waals surface area contributed by atoms with Gasteiger partial charge in [-0.25, -0.2) is 4.98 Å². The highest BCUT2D eigenvalue weighted by Crippen LogP contribution is 2.37. The molecule has 0 aliphatic heterocycles. The van der Waals surface area contributed by atoms with Gasteiger partial charge in [0.1, 0.15) is 0 Å². The predicted molar refractivity (Wildman–Crippen MR) is 84.8 cm³/mol. The molecule has 20 heavy (non-hydrogen) atoms. The largest absolute Gasteiger partial charge is 0.326 e. The fraction of sp³-hybridized carbons (Fsp3) is 0.375. The fourth-order valence-corrected chi connectivity index (χ4v) is 3.54. The summed E-state index contributed by atoms with van der Waals surface area (Å²) in [6, 6.07) is 8.38. The van der Waals surface area contributed by atoms with Gasteiger partial charge in [0.25, 0.3) is 0 Å². The molecule has 0 saturated heterocycles. The van der Waals surface area contributed by atoms with E-state index >= 15 is 0 Å². The monoisotopic (exact) mass is 287 g/mol. The average molecular weight is 287 g/mol. The first-order chi connectivity index (χ1) is 9.60. The molecule has 0 saturated carbocycles. The second-order valence-electron chi connectivity index (χ2n) is 5.02. The lowest BCUT2D eigenvalue weighted by Crippen LogP contribution is -2.25. The molecule has 0 spiro atoms. The highest BCUT2D eigenvalue weighted by molar-refractivity contribution is 7.99. The minimum atomic E-state index is 0.102. The maximum absolute atomic E-state index is 6.30. The third kappa shape index (κ3) is 3.81. The first kappa shape index (κ1) is 15.0. The predicted octanol–water partition coefficient (Wildman–Crippen LogP) is 3.66. The Morgan fingerprint density at radius 3 is 2.50 bits per heavy atom. The van der Waals surface area contributed by atoms with Crippen LogP contribution in [0.3, 0.4) is 0 Å². The summed E-state index contributed by atoms with van der Waals surface area (Å²) in [6.07, 6.45) is 4.57. The summed E-state index contributed by atoms with van der Waals surface area (Å²) in [5.41, 5.74) is 9.79. The van der Waals surface area contributed by atoms with E-state index in [-0.39, 0.29) is 11.3 Å². The molecule has 2 atom stereocenters. The molecule has 2 aromatic heterocycles. The average Bonchev–Trinajstić information content (AvgIpc) is 2.44. The molecule has 0 bridgehead atoms. The van der Waals surface area contributed by atoms with E-state index in [2.05, 4.69) is 35.9 Å². The van der Waals surface area contributed by atoms with Crippen LogP contribution in [-0.2, 0) is 0 Å². The molecule has 0 amide bonds. The van der Waals surface area contributed by atoms with Crippen molar-refractivity contribution in [2.24, 2.45) is 5.73 Å². The summed E-state index contributed by atoms with van der Waals surface area (Å²) in [4.78, 5) is 8.69. The van der Waals surface area contributed by atoms with Gasteiger partial charge in [0.15, 0.2) is 0 Å². The van der Waals surface area contributed by atoms with Gasteiger partial charge in [-0.1, -0.05) is 18.7 Å². The first-order valence-corrected chi connectivity index (χ1v) is 7.75. The quantitative estimate of drug-likeness (QED) is 0.853. The number of nitrogens with two attached hydrogens (primary N) is 1. The Morgan fingerprint density at radius 1 is 1.20 bits per heavy atom. The zero-order valence-electron chi connectivity index (χ0n) is 12.2. The van der Waals surface area contributed by atoms with Crippen LogP contribution in [-0.4, -0.2) is 16.0 Å². The lowest BCUT2D eigenvalue weighted by atomic mass is 10.1. The smallest absolute Gasteiger partial charge is 0.0972 e. The van der Waals surface area contributed by atoms with Crippen molar-refractivity contribution < 1.29 is 0 Å². The van der Waals surface area contributed by atoms with Crippen LogP contribution in [0.25, 0.3) is 0 Å². The van der Waals surface area contributed by atoms with Crippen molar-refractivity contribution in [3.05, 3.63) is 53.5 Å². The van der Waals surface area contributed by atoms with Gasteiger partial charge < -0.3 is 5.73 Å². The van der Waals surface area contributed by atoms with Crippen molar-refractivity contribution in [3.8, 4) is 0 Å². The summed E-state index contributed by atoms with van der Waals surface area (Å²) in [7, 11) is 0. The van der Waals surface area contributed by atoms with Crippen molar-refractivity contribution >= 4 is 11.8 Å². The molecule has 106 valence electrons. The van der Waals surface area contributed by atoms with Gasteiger partial charge in [0.05, 0.1) is 10.3 Å². The van der Waals surface area contributed by atoms with E-state index < -0.39 is 0 Å². The second-order valence-corrected chi connectivity index (χ2v) is 6.18. The Kier molecular flexibility index (Phi) is 5.15. The molecule has 0 radical (unpaired) electrons. The van der Waals surface area contributed by atoms with E-state index in [9.17, 15) is 0 Å². The van der Waals surface area contributed by atoms with Crippen LogP contribution >= 0.6 is 11.8 Å². The van der Waals surface area contributed by atoms with Crippen LogP contribution in [0.2, 0.25) is 0 Å². The molecular weight excluding hydrogens is 266 g/mol. The summed E-state index contributed by atoms with van der Waals surface area (Å²) >= 11 is 1.74. The van der Waals surface area contributed by atoms with E-state index in [1.807, 2.05) is 31.5 Å². The van der Waals surface area contributed by atoms with E-state index in [4.69, 9.17) is 5.73 Å². The van der Waals surface area contributed by atoms with Gasteiger partial charge in [0.2, 0.25) is 0 Å². The van der Waals surface area contributed by atoms with E-state index in [1.165, 1.54) is 11.1 Å². The molecule has 3 nitrogen and oxygen atoms in total. The van der Waals surface area contributed by atoms with Crippen molar-refractivity contribution in [1.82, 2.24) is 9.97 Å². The Labute approximate surface area is 125 Å². The third-order valence-corrected chi connectivity index (χ3v) is 4.54. The van der Waals surface area contributed by atoms with Crippen LogP contribution in [0.15, 0.2) is 41.7 Å². The zero-order chi connectivity index (χ0) is 14.5. The molecule has 0 aliphatic carbocycles. The Bertz CT molecular complexity index is 537. The molecule has 2 N–H and O–H groups in total. The summed E-state index contributed by atoms with van der Waals surface area (Å²) in [6.45, 7) is 6.24. The molecule has 2 heterocycles. The van der Waals surface area contributed by atoms with Gasteiger partial charge in [0, 0.05) is 24.1 Å². The van der Waals surface area contributed by atoms with Crippen LogP contribution in [0.4, 0.5) is 0 Å². The molecule has 2 aromatic rings. The van der Waals surface area contributed by atoms with Crippen LogP contribution in [0, 0.1) is 13.8 Å². The number of rotatable bonds is 5. The van der Waals surface area contributed by atoms with Gasteiger partial charge in [-0.05, 0) is 55.7 Å². The van der Waals surface area contributed by atoms with Crippen LogP contribution < -0.4 is 5.73 Å². The number of thioether (sulfide) groups is 1. The Hall–Kier alpha value is -1.39. The molecule has 0 aliphatic rings. The van der Waals surface area contributed by atoms with Crippen LogP contribution in [0.1, 0.15) is 35.4 Å². The van der Waals surface area contributed by atoms with Gasteiger partial charge in [-0.15, -0.1) is 0 Å². The molecular formula is C16H21N3S. The Morgan fingerprint density at radius 2 is 1.90 bits per heavy atom. The summed E-state index contributed by atoms with van der Waals surface area (Å²) in [5, 5.41) is 1.24. The van der Waals surface area contributed by atoms with Crippen molar-refractivity contribution in [1.29, 1.82) is 0 Å². The van der Waals surface area contributed by atoms with E-state index in [1.54, 1.807) is 11.8 Å².